The van der Waals surface area contributed by atoms with E-state index in [4.69, 9.17) is 28.5 Å². The van der Waals surface area contributed by atoms with Crippen molar-refractivity contribution in [3.05, 3.63) is 58.1 Å². The summed E-state index contributed by atoms with van der Waals surface area (Å²) in [5, 5.41) is 12.0. The van der Waals surface area contributed by atoms with Crippen molar-refractivity contribution in [2.24, 2.45) is 0 Å². The fourth-order valence-corrected chi connectivity index (χ4v) is 3.42. The van der Waals surface area contributed by atoms with Gasteiger partial charge in [0.2, 0.25) is 15.9 Å². The van der Waals surface area contributed by atoms with Gasteiger partial charge in [-0.25, -0.2) is 8.42 Å². The number of rotatable bonds is 5. The third kappa shape index (κ3) is 4.71. The van der Waals surface area contributed by atoms with Gasteiger partial charge in [-0.05, 0) is 42.5 Å². The van der Waals surface area contributed by atoms with E-state index in [0.29, 0.717) is 16.3 Å². The number of carbonyl (C=O) groups excluding carboxylic acids is 1. The van der Waals surface area contributed by atoms with E-state index in [1.54, 1.807) is 6.07 Å². The van der Waals surface area contributed by atoms with Crippen LogP contribution in [0.4, 0.5) is 5.69 Å². The van der Waals surface area contributed by atoms with Crippen molar-refractivity contribution in [2.45, 2.75) is 4.90 Å². The minimum Gasteiger partial charge on any atom is -0.324 e. The van der Waals surface area contributed by atoms with Crippen LogP contribution in [0.5, 0.6) is 0 Å². The van der Waals surface area contributed by atoms with Crippen molar-refractivity contribution in [1.82, 2.24) is 4.31 Å². The van der Waals surface area contributed by atoms with Gasteiger partial charge >= 0.3 is 0 Å². The Labute approximate surface area is 155 Å². The van der Waals surface area contributed by atoms with Crippen molar-refractivity contribution in [2.75, 3.05) is 18.9 Å². The maximum atomic E-state index is 12.5. The van der Waals surface area contributed by atoms with Crippen LogP contribution in [0.2, 0.25) is 10.0 Å². The number of likely N-dealkylation sites (N-methyl/N-ethyl adjacent to an activating group) is 1. The minimum absolute atomic E-state index is 0.0115. The summed E-state index contributed by atoms with van der Waals surface area (Å²) in [6.45, 7) is -0.412. The number of benzene rings is 2. The minimum atomic E-state index is -3.87. The molecule has 1 amide bonds. The van der Waals surface area contributed by atoms with E-state index < -0.39 is 22.5 Å². The van der Waals surface area contributed by atoms with Crippen molar-refractivity contribution < 1.29 is 13.2 Å². The van der Waals surface area contributed by atoms with E-state index in [1.807, 2.05) is 6.07 Å². The van der Waals surface area contributed by atoms with Gasteiger partial charge in [0.1, 0.15) is 0 Å². The Balaban J connectivity index is 2.11. The van der Waals surface area contributed by atoms with Gasteiger partial charge < -0.3 is 5.32 Å². The monoisotopic (exact) mass is 397 g/mol. The molecule has 0 aromatic heterocycles. The number of nitrogens with one attached hydrogen (secondary N) is 1. The normalized spacial score (nSPS) is 11.2. The van der Waals surface area contributed by atoms with E-state index in [1.165, 1.54) is 43.4 Å². The molecule has 25 heavy (non-hydrogen) atoms. The maximum Gasteiger partial charge on any atom is 0.243 e. The number of nitriles is 1. The highest BCUT2D eigenvalue weighted by Crippen LogP contribution is 2.25. The molecule has 0 spiro atoms. The van der Waals surface area contributed by atoms with E-state index in [0.717, 1.165) is 4.31 Å². The highest BCUT2D eigenvalue weighted by Gasteiger charge is 2.23. The first kappa shape index (κ1) is 19.2. The second kappa shape index (κ2) is 7.85. The van der Waals surface area contributed by atoms with Crippen molar-refractivity contribution >= 4 is 44.8 Å². The van der Waals surface area contributed by atoms with Crippen LogP contribution >= 0.6 is 23.2 Å². The summed E-state index contributed by atoms with van der Waals surface area (Å²) in [7, 11) is -2.58. The lowest BCUT2D eigenvalue weighted by atomic mass is 10.2. The van der Waals surface area contributed by atoms with E-state index in [9.17, 15) is 13.2 Å². The Morgan fingerprint density at radius 3 is 2.44 bits per heavy atom. The summed E-state index contributed by atoms with van der Waals surface area (Å²) in [6, 6.07) is 11.9. The topological polar surface area (TPSA) is 90.3 Å². The zero-order valence-corrected chi connectivity index (χ0v) is 15.4. The molecule has 2 aromatic carbocycles. The summed E-state index contributed by atoms with van der Waals surface area (Å²) in [6.07, 6.45) is 0. The fraction of sp³-hybridized carbons (Fsp3) is 0.125. The quantitative estimate of drug-likeness (QED) is 0.838. The average molecular weight is 398 g/mol. The Hall–Kier alpha value is -2.11. The highest BCUT2D eigenvalue weighted by atomic mass is 35.5. The second-order valence-electron chi connectivity index (χ2n) is 5.07. The zero-order valence-electron chi connectivity index (χ0n) is 13.0. The van der Waals surface area contributed by atoms with Gasteiger partial charge in [-0.15, -0.1) is 0 Å². The molecule has 0 unspecified atom stereocenters. The summed E-state index contributed by atoms with van der Waals surface area (Å²) >= 11 is 11.8. The van der Waals surface area contributed by atoms with Crippen LogP contribution in [0.25, 0.3) is 0 Å². The zero-order chi connectivity index (χ0) is 18.6. The lowest BCUT2D eigenvalue weighted by Gasteiger charge is -2.17. The first-order valence-corrected chi connectivity index (χ1v) is 9.15. The molecule has 0 heterocycles. The predicted octanol–water partition coefficient (Wildman–Crippen LogP) is 3.12. The molecule has 2 rings (SSSR count). The molecular formula is C16H13Cl2N3O3S. The van der Waals surface area contributed by atoms with Crippen LogP contribution in [0.3, 0.4) is 0 Å². The molecule has 0 radical (unpaired) electrons. The summed E-state index contributed by atoms with van der Waals surface area (Å²) in [4.78, 5) is 12.1. The van der Waals surface area contributed by atoms with Crippen molar-refractivity contribution in [3.63, 3.8) is 0 Å². The van der Waals surface area contributed by atoms with Crippen LogP contribution in [0.15, 0.2) is 47.4 Å². The number of amides is 1. The Kier molecular flexibility index (Phi) is 6.03. The molecule has 0 aliphatic carbocycles. The van der Waals surface area contributed by atoms with Gasteiger partial charge in [-0.2, -0.15) is 9.57 Å². The molecule has 0 aliphatic rings. The standard InChI is InChI=1S/C16H13Cl2N3O3S/c1-21(25(23,24)13-5-2-11(9-19)3-6-13)10-16(22)20-15-8-12(17)4-7-14(15)18/h2-8H,10H2,1H3,(H,20,22). The maximum absolute atomic E-state index is 12.5. The number of hydrogen-bond acceptors (Lipinski definition) is 4. The lowest BCUT2D eigenvalue weighted by molar-refractivity contribution is -0.116. The van der Waals surface area contributed by atoms with Crippen LogP contribution in [0, 0.1) is 11.3 Å². The number of nitrogens with zero attached hydrogens (tertiary/aromatic N) is 2. The van der Waals surface area contributed by atoms with Gasteiger partial charge in [0.15, 0.2) is 0 Å². The smallest absolute Gasteiger partial charge is 0.243 e. The predicted molar refractivity (Wildman–Crippen MR) is 96.1 cm³/mol. The van der Waals surface area contributed by atoms with Crippen molar-refractivity contribution in [1.29, 1.82) is 5.26 Å². The van der Waals surface area contributed by atoms with E-state index in [-0.39, 0.29) is 9.92 Å². The largest absolute Gasteiger partial charge is 0.324 e. The molecule has 1 N–H and O–H groups in total. The number of halogens is 2. The van der Waals surface area contributed by atoms with Gasteiger partial charge in [0, 0.05) is 12.1 Å². The summed E-state index contributed by atoms with van der Waals surface area (Å²) in [5.41, 5.74) is 0.637. The molecule has 9 heteroatoms. The third-order valence-corrected chi connectivity index (χ3v) is 5.64. The number of carbonyl (C=O) groups is 1. The van der Waals surface area contributed by atoms with E-state index >= 15 is 0 Å². The molecule has 0 atom stereocenters. The van der Waals surface area contributed by atoms with Crippen LogP contribution in [0.1, 0.15) is 5.56 Å². The molecule has 6 nitrogen and oxygen atoms in total. The fourth-order valence-electron chi connectivity index (χ4n) is 1.95. The molecule has 0 aliphatic heterocycles. The number of hydrogen-bond donors (Lipinski definition) is 1. The Morgan fingerprint density at radius 2 is 1.84 bits per heavy atom. The average Bonchev–Trinajstić information content (AvgIpc) is 2.58. The van der Waals surface area contributed by atoms with E-state index in [2.05, 4.69) is 5.32 Å². The number of sulfonamides is 1. The summed E-state index contributed by atoms with van der Waals surface area (Å²) < 4.78 is 25.8. The molecule has 0 saturated heterocycles. The molecule has 0 bridgehead atoms. The molecule has 2 aromatic rings. The first-order valence-electron chi connectivity index (χ1n) is 6.95. The second-order valence-corrected chi connectivity index (χ2v) is 7.96. The SMILES string of the molecule is CN(CC(=O)Nc1cc(Cl)ccc1Cl)S(=O)(=O)c1ccc(C#N)cc1. The van der Waals surface area contributed by atoms with Crippen LogP contribution < -0.4 is 5.32 Å². The van der Waals surface area contributed by atoms with Crippen LogP contribution in [-0.4, -0.2) is 32.2 Å². The highest BCUT2D eigenvalue weighted by molar-refractivity contribution is 7.89. The first-order chi connectivity index (χ1) is 11.7. The molecule has 0 saturated carbocycles. The Bertz CT molecular complexity index is 938. The lowest BCUT2D eigenvalue weighted by Crippen LogP contribution is -2.35. The van der Waals surface area contributed by atoms with Crippen molar-refractivity contribution in [3.8, 4) is 6.07 Å². The summed E-state index contributed by atoms with van der Waals surface area (Å²) in [5.74, 6) is -0.566. The van der Waals surface area contributed by atoms with Crippen LogP contribution in [-0.2, 0) is 14.8 Å². The van der Waals surface area contributed by atoms with Gasteiger partial charge in [0.05, 0.1) is 33.8 Å². The van der Waals surface area contributed by atoms with Gasteiger partial charge in [0.25, 0.3) is 0 Å². The molecular weight excluding hydrogens is 385 g/mol. The molecule has 0 fully saturated rings. The van der Waals surface area contributed by atoms with Gasteiger partial charge in [-0.1, -0.05) is 23.2 Å². The number of anilines is 1. The van der Waals surface area contributed by atoms with Gasteiger partial charge in [-0.3, -0.25) is 4.79 Å². The molecule has 130 valence electrons. The third-order valence-electron chi connectivity index (χ3n) is 3.26. The Morgan fingerprint density at radius 1 is 1.20 bits per heavy atom.